The molecule has 0 bridgehead atoms. The number of carbonyl (C=O) groups is 1. The Kier molecular flexibility index (Phi) is 6.93. The van der Waals surface area contributed by atoms with E-state index in [0.717, 1.165) is 48.8 Å². The predicted octanol–water partition coefficient (Wildman–Crippen LogP) is 7.53. The molecule has 0 aliphatic heterocycles. The molecule has 3 aromatic rings. The van der Waals surface area contributed by atoms with Gasteiger partial charge in [0.2, 0.25) is 0 Å². The molecule has 2 saturated carbocycles. The molecule has 0 amide bonds. The highest BCUT2D eigenvalue weighted by Crippen LogP contribution is 2.49. The van der Waals surface area contributed by atoms with Gasteiger partial charge in [-0.1, -0.05) is 37.3 Å². The number of carboxylic acids is 1. The maximum Gasteiger partial charge on any atom is 0.303 e. The first kappa shape index (κ1) is 25.2. The molecule has 3 aromatic carbocycles. The lowest BCUT2D eigenvalue weighted by Crippen LogP contribution is -2.11. The van der Waals surface area contributed by atoms with Gasteiger partial charge in [0.15, 0.2) is 11.6 Å². The third-order valence-corrected chi connectivity index (χ3v) is 7.73. The van der Waals surface area contributed by atoms with Gasteiger partial charge in [0, 0.05) is 11.5 Å². The van der Waals surface area contributed by atoms with Crippen molar-refractivity contribution in [1.82, 2.24) is 0 Å². The smallest absolute Gasteiger partial charge is 0.303 e. The van der Waals surface area contributed by atoms with Crippen LogP contribution in [0.5, 0.6) is 11.5 Å². The third kappa shape index (κ3) is 5.79. The number of benzene rings is 3. The van der Waals surface area contributed by atoms with E-state index >= 15 is 4.39 Å². The maximum absolute atomic E-state index is 15.4. The summed E-state index contributed by atoms with van der Waals surface area (Å²) in [6, 6.07) is 15.5. The first-order chi connectivity index (χ1) is 17.8. The van der Waals surface area contributed by atoms with E-state index in [1.54, 1.807) is 37.4 Å². The van der Waals surface area contributed by atoms with Gasteiger partial charge in [-0.05, 0) is 90.0 Å². The monoisotopic (exact) mass is 506 g/mol. The third-order valence-electron chi connectivity index (χ3n) is 7.73. The van der Waals surface area contributed by atoms with Crippen molar-refractivity contribution in [2.45, 2.75) is 58.0 Å². The zero-order valence-corrected chi connectivity index (χ0v) is 21.2. The van der Waals surface area contributed by atoms with Crippen molar-refractivity contribution in [3.05, 3.63) is 82.9 Å². The van der Waals surface area contributed by atoms with Crippen LogP contribution in [0.15, 0.2) is 54.6 Å². The largest absolute Gasteiger partial charge is 0.497 e. The Balaban J connectivity index is 1.40. The van der Waals surface area contributed by atoms with Crippen LogP contribution in [0, 0.1) is 23.0 Å². The second kappa shape index (κ2) is 10.2. The topological polar surface area (TPSA) is 55.8 Å². The number of aliphatic carboxylic acids is 1. The van der Waals surface area contributed by atoms with Crippen LogP contribution >= 0.6 is 0 Å². The Hall–Kier alpha value is -3.41. The Morgan fingerprint density at radius 2 is 1.86 bits per heavy atom. The highest BCUT2D eigenvalue weighted by molar-refractivity contribution is 5.70. The molecule has 194 valence electrons. The zero-order valence-electron chi connectivity index (χ0n) is 21.2. The van der Waals surface area contributed by atoms with Gasteiger partial charge in [0.25, 0.3) is 0 Å². The van der Waals surface area contributed by atoms with Gasteiger partial charge in [0.1, 0.15) is 18.2 Å². The van der Waals surface area contributed by atoms with Crippen molar-refractivity contribution in [2.24, 2.45) is 11.3 Å². The van der Waals surface area contributed by atoms with Gasteiger partial charge in [-0.2, -0.15) is 0 Å². The quantitative estimate of drug-likeness (QED) is 0.292. The standard InChI is InChI=1S/C31H32F2O4/c1-31(12-13-31)17-21-14-19(6-10-23(21)26-15-22(36-2)9-11-27(26)32)18-37-28-5-3-4-24(30(28)33)25(16-29(34)35)20-7-8-20/h3-6,9-11,14-15,20,25H,7-8,12-13,16-18H2,1-2H3,(H,34,35)/t25-/m1/s1. The molecule has 4 nitrogen and oxygen atoms in total. The Morgan fingerprint density at radius 1 is 1.08 bits per heavy atom. The SMILES string of the molecule is COc1ccc(F)c(-c2ccc(COc3cccc([C@H](CC(=O)O)C4CC4)c3F)cc2CC2(C)CC2)c1. The van der Waals surface area contributed by atoms with Gasteiger partial charge < -0.3 is 14.6 Å². The molecule has 0 heterocycles. The normalized spacial score (nSPS) is 16.8. The van der Waals surface area contributed by atoms with Crippen LogP contribution in [-0.2, 0) is 17.8 Å². The fourth-order valence-corrected chi connectivity index (χ4v) is 5.14. The van der Waals surface area contributed by atoms with E-state index in [9.17, 15) is 14.3 Å². The molecule has 0 radical (unpaired) electrons. The minimum absolute atomic E-state index is 0.0878. The van der Waals surface area contributed by atoms with E-state index in [1.165, 1.54) is 6.07 Å². The molecule has 1 N–H and O–H groups in total. The molecule has 6 heteroatoms. The molecule has 1 atom stereocenters. The van der Waals surface area contributed by atoms with Crippen molar-refractivity contribution >= 4 is 5.97 Å². The van der Waals surface area contributed by atoms with E-state index in [0.29, 0.717) is 16.9 Å². The van der Waals surface area contributed by atoms with Crippen molar-refractivity contribution in [2.75, 3.05) is 7.11 Å². The van der Waals surface area contributed by atoms with Gasteiger partial charge in [-0.3, -0.25) is 4.79 Å². The van der Waals surface area contributed by atoms with Gasteiger partial charge in [-0.25, -0.2) is 8.78 Å². The van der Waals surface area contributed by atoms with Gasteiger partial charge in [0.05, 0.1) is 13.5 Å². The first-order valence-electron chi connectivity index (χ1n) is 12.8. The summed E-state index contributed by atoms with van der Waals surface area (Å²) in [5, 5.41) is 9.31. The first-order valence-corrected chi connectivity index (χ1v) is 12.8. The molecule has 0 unspecified atom stereocenters. The fourth-order valence-electron chi connectivity index (χ4n) is 5.14. The molecular formula is C31H32F2O4. The van der Waals surface area contributed by atoms with Crippen LogP contribution in [-0.4, -0.2) is 18.2 Å². The fraction of sp³-hybridized carbons (Fsp3) is 0.387. The Morgan fingerprint density at radius 3 is 2.54 bits per heavy atom. The zero-order chi connectivity index (χ0) is 26.2. The number of halogens is 2. The lowest BCUT2D eigenvalue weighted by atomic mass is 9.90. The second-order valence-electron chi connectivity index (χ2n) is 10.8. The lowest BCUT2D eigenvalue weighted by Gasteiger charge is -2.18. The van der Waals surface area contributed by atoms with E-state index in [2.05, 4.69) is 6.92 Å². The van der Waals surface area contributed by atoms with Gasteiger partial charge >= 0.3 is 5.97 Å². The second-order valence-corrected chi connectivity index (χ2v) is 10.8. The maximum atomic E-state index is 15.4. The average Bonchev–Trinajstić information content (AvgIpc) is 3.81. The number of carboxylic acid groups (broad SMARTS) is 1. The molecule has 2 aliphatic carbocycles. The number of hydrogen-bond donors (Lipinski definition) is 1. The van der Waals surface area contributed by atoms with E-state index in [1.807, 2.05) is 18.2 Å². The highest BCUT2D eigenvalue weighted by atomic mass is 19.1. The highest BCUT2D eigenvalue weighted by Gasteiger charge is 2.38. The van der Waals surface area contributed by atoms with Crippen LogP contribution < -0.4 is 9.47 Å². The predicted molar refractivity (Wildman–Crippen MR) is 138 cm³/mol. The summed E-state index contributed by atoms with van der Waals surface area (Å²) in [6.07, 6.45) is 4.83. The van der Waals surface area contributed by atoms with Crippen LogP contribution in [0.2, 0.25) is 0 Å². The van der Waals surface area contributed by atoms with Crippen molar-refractivity contribution < 1.29 is 28.2 Å². The van der Waals surface area contributed by atoms with E-state index < -0.39 is 11.8 Å². The van der Waals surface area contributed by atoms with Crippen molar-refractivity contribution in [3.63, 3.8) is 0 Å². The van der Waals surface area contributed by atoms with Gasteiger partial charge in [-0.15, -0.1) is 0 Å². The summed E-state index contributed by atoms with van der Waals surface area (Å²) in [4.78, 5) is 11.4. The Bertz CT molecular complexity index is 1310. The van der Waals surface area contributed by atoms with Crippen LogP contribution in [0.25, 0.3) is 11.1 Å². The minimum Gasteiger partial charge on any atom is -0.497 e. The summed E-state index contributed by atoms with van der Waals surface area (Å²) in [6.45, 7) is 2.38. The average molecular weight is 507 g/mol. The number of hydrogen-bond acceptors (Lipinski definition) is 3. The number of methoxy groups -OCH3 is 1. The van der Waals surface area contributed by atoms with Crippen LogP contribution in [0.4, 0.5) is 8.78 Å². The number of ether oxygens (including phenoxy) is 2. The summed E-state index contributed by atoms with van der Waals surface area (Å²) >= 11 is 0. The molecule has 37 heavy (non-hydrogen) atoms. The molecule has 0 aromatic heterocycles. The molecule has 0 saturated heterocycles. The summed E-state index contributed by atoms with van der Waals surface area (Å²) in [5.74, 6) is -1.14. The van der Waals surface area contributed by atoms with Crippen LogP contribution in [0.1, 0.15) is 61.6 Å². The number of rotatable bonds is 11. The summed E-state index contributed by atoms with van der Waals surface area (Å²) in [7, 11) is 1.56. The van der Waals surface area contributed by atoms with Crippen molar-refractivity contribution in [1.29, 1.82) is 0 Å². The molecular weight excluding hydrogens is 474 g/mol. The molecule has 2 fully saturated rings. The summed E-state index contributed by atoms with van der Waals surface area (Å²) < 4.78 is 41.5. The molecule has 2 aliphatic rings. The van der Waals surface area contributed by atoms with Crippen LogP contribution in [0.3, 0.4) is 0 Å². The summed E-state index contributed by atoms with van der Waals surface area (Å²) in [5.41, 5.74) is 3.81. The van der Waals surface area contributed by atoms with E-state index in [4.69, 9.17) is 9.47 Å². The Labute approximate surface area is 216 Å². The lowest BCUT2D eigenvalue weighted by molar-refractivity contribution is -0.137. The van der Waals surface area contributed by atoms with E-state index in [-0.39, 0.29) is 41.8 Å². The molecule has 5 rings (SSSR count). The van der Waals surface area contributed by atoms with Crippen molar-refractivity contribution in [3.8, 4) is 22.6 Å². The minimum atomic E-state index is -0.924. The molecule has 0 spiro atoms.